The standard InChI is InChI=1S/C11H12O3/c1-6-3-8-9(11(12)13)5-14-10(8)4-7(6)2/h3-4,9H,5H2,1-2H3,(H,12,13)/t9-/m1/s1. The van der Waals surface area contributed by atoms with Crippen LogP contribution in [0.3, 0.4) is 0 Å². The Morgan fingerprint density at radius 1 is 1.43 bits per heavy atom. The van der Waals surface area contributed by atoms with Crippen LogP contribution in [-0.2, 0) is 4.79 Å². The van der Waals surface area contributed by atoms with Crippen molar-refractivity contribution >= 4 is 5.97 Å². The van der Waals surface area contributed by atoms with E-state index in [1.165, 1.54) is 0 Å². The molecule has 0 unspecified atom stereocenters. The van der Waals surface area contributed by atoms with Crippen molar-refractivity contribution in [1.29, 1.82) is 0 Å². The molecule has 0 fully saturated rings. The zero-order valence-corrected chi connectivity index (χ0v) is 8.20. The minimum Gasteiger partial charge on any atom is -0.492 e. The molecule has 0 radical (unpaired) electrons. The van der Waals surface area contributed by atoms with E-state index in [2.05, 4.69) is 0 Å². The van der Waals surface area contributed by atoms with Gasteiger partial charge in [0.05, 0.1) is 0 Å². The van der Waals surface area contributed by atoms with Crippen molar-refractivity contribution in [3.05, 3.63) is 28.8 Å². The number of rotatable bonds is 1. The molecule has 1 aromatic rings. The molecule has 0 spiro atoms. The topological polar surface area (TPSA) is 46.5 Å². The van der Waals surface area contributed by atoms with Crippen LogP contribution < -0.4 is 4.74 Å². The van der Waals surface area contributed by atoms with Crippen LogP contribution in [0.25, 0.3) is 0 Å². The lowest BCUT2D eigenvalue weighted by atomic mass is 9.97. The van der Waals surface area contributed by atoms with E-state index in [0.717, 1.165) is 22.4 Å². The van der Waals surface area contributed by atoms with Crippen molar-refractivity contribution in [3.8, 4) is 5.75 Å². The molecular formula is C11H12O3. The number of carboxylic acid groups (broad SMARTS) is 1. The molecular weight excluding hydrogens is 180 g/mol. The van der Waals surface area contributed by atoms with Gasteiger partial charge in [-0.05, 0) is 31.0 Å². The quantitative estimate of drug-likeness (QED) is 0.738. The fourth-order valence-corrected chi connectivity index (χ4v) is 1.68. The molecule has 0 amide bonds. The molecule has 2 rings (SSSR count). The Morgan fingerprint density at radius 3 is 2.71 bits per heavy atom. The van der Waals surface area contributed by atoms with E-state index in [1.807, 2.05) is 26.0 Å². The fraction of sp³-hybridized carbons (Fsp3) is 0.364. The summed E-state index contributed by atoms with van der Waals surface area (Å²) in [5, 5.41) is 8.94. The average Bonchev–Trinajstić information content (AvgIpc) is 2.48. The van der Waals surface area contributed by atoms with E-state index >= 15 is 0 Å². The summed E-state index contributed by atoms with van der Waals surface area (Å²) in [4.78, 5) is 10.9. The van der Waals surface area contributed by atoms with Gasteiger partial charge in [0.1, 0.15) is 18.3 Å². The molecule has 14 heavy (non-hydrogen) atoms. The number of fused-ring (bicyclic) bond motifs is 1. The second kappa shape index (κ2) is 3.01. The van der Waals surface area contributed by atoms with Crippen molar-refractivity contribution in [2.24, 2.45) is 0 Å². The first-order valence-electron chi connectivity index (χ1n) is 4.56. The molecule has 0 saturated carbocycles. The third kappa shape index (κ3) is 1.25. The highest BCUT2D eigenvalue weighted by Crippen LogP contribution is 2.35. The van der Waals surface area contributed by atoms with Crippen LogP contribution in [0.5, 0.6) is 5.75 Å². The van der Waals surface area contributed by atoms with E-state index < -0.39 is 11.9 Å². The van der Waals surface area contributed by atoms with Crippen LogP contribution in [0.2, 0.25) is 0 Å². The van der Waals surface area contributed by atoms with Crippen LogP contribution in [0.4, 0.5) is 0 Å². The lowest BCUT2D eigenvalue weighted by Gasteiger charge is -2.05. The summed E-state index contributed by atoms with van der Waals surface area (Å²) in [6, 6.07) is 3.82. The molecule has 1 atom stereocenters. The van der Waals surface area contributed by atoms with Crippen LogP contribution in [0.15, 0.2) is 12.1 Å². The third-order valence-electron chi connectivity index (χ3n) is 2.71. The summed E-state index contributed by atoms with van der Waals surface area (Å²) in [6.45, 7) is 4.23. The van der Waals surface area contributed by atoms with Crippen LogP contribution >= 0.6 is 0 Å². The van der Waals surface area contributed by atoms with Crippen molar-refractivity contribution in [2.45, 2.75) is 19.8 Å². The Balaban J connectivity index is 2.50. The third-order valence-corrected chi connectivity index (χ3v) is 2.71. The molecule has 3 heteroatoms. The zero-order valence-electron chi connectivity index (χ0n) is 8.20. The highest BCUT2D eigenvalue weighted by atomic mass is 16.5. The lowest BCUT2D eigenvalue weighted by molar-refractivity contribution is -0.138. The van der Waals surface area contributed by atoms with Crippen molar-refractivity contribution in [2.75, 3.05) is 6.61 Å². The number of ether oxygens (including phenoxy) is 1. The summed E-state index contributed by atoms with van der Waals surface area (Å²) >= 11 is 0. The van der Waals surface area contributed by atoms with Gasteiger partial charge in [0, 0.05) is 5.56 Å². The molecule has 1 aliphatic heterocycles. The maximum absolute atomic E-state index is 10.9. The summed E-state index contributed by atoms with van der Waals surface area (Å²) in [5.41, 5.74) is 3.05. The van der Waals surface area contributed by atoms with Crippen molar-refractivity contribution in [1.82, 2.24) is 0 Å². The molecule has 0 saturated heterocycles. The van der Waals surface area contributed by atoms with Crippen LogP contribution in [0.1, 0.15) is 22.6 Å². The maximum Gasteiger partial charge on any atom is 0.314 e. The van der Waals surface area contributed by atoms with Gasteiger partial charge < -0.3 is 9.84 Å². The molecule has 0 aromatic heterocycles. The van der Waals surface area contributed by atoms with Gasteiger partial charge in [0.15, 0.2) is 0 Å². The molecule has 1 aromatic carbocycles. The summed E-state index contributed by atoms with van der Waals surface area (Å²) in [7, 11) is 0. The number of hydrogen-bond acceptors (Lipinski definition) is 2. The molecule has 1 N–H and O–H groups in total. The fourth-order valence-electron chi connectivity index (χ4n) is 1.68. The SMILES string of the molecule is Cc1cc2c(cc1C)[C@H](C(=O)O)CO2. The number of hydrogen-bond donors (Lipinski definition) is 1. The van der Waals surface area contributed by atoms with E-state index in [4.69, 9.17) is 9.84 Å². The summed E-state index contributed by atoms with van der Waals surface area (Å²) < 4.78 is 5.33. The Labute approximate surface area is 82.3 Å². The largest absolute Gasteiger partial charge is 0.492 e. The van der Waals surface area contributed by atoms with E-state index in [9.17, 15) is 4.79 Å². The van der Waals surface area contributed by atoms with Gasteiger partial charge in [-0.2, -0.15) is 0 Å². The lowest BCUT2D eigenvalue weighted by Crippen LogP contribution is -2.12. The molecule has 1 aliphatic rings. The van der Waals surface area contributed by atoms with Gasteiger partial charge in [-0.3, -0.25) is 4.79 Å². The minimum absolute atomic E-state index is 0.257. The minimum atomic E-state index is -0.813. The number of carbonyl (C=O) groups is 1. The van der Waals surface area contributed by atoms with Gasteiger partial charge in [-0.25, -0.2) is 0 Å². The smallest absolute Gasteiger partial charge is 0.314 e. The molecule has 3 nitrogen and oxygen atoms in total. The van der Waals surface area contributed by atoms with Gasteiger partial charge in [0.2, 0.25) is 0 Å². The van der Waals surface area contributed by atoms with Crippen LogP contribution in [0, 0.1) is 13.8 Å². The number of benzene rings is 1. The van der Waals surface area contributed by atoms with Crippen LogP contribution in [-0.4, -0.2) is 17.7 Å². The Kier molecular flexibility index (Phi) is 1.95. The molecule has 0 aliphatic carbocycles. The molecule has 0 bridgehead atoms. The van der Waals surface area contributed by atoms with Crippen molar-refractivity contribution in [3.63, 3.8) is 0 Å². The zero-order chi connectivity index (χ0) is 10.3. The van der Waals surface area contributed by atoms with Gasteiger partial charge in [0.25, 0.3) is 0 Å². The average molecular weight is 192 g/mol. The molecule has 74 valence electrons. The monoisotopic (exact) mass is 192 g/mol. The summed E-state index contributed by atoms with van der Waals surface area (Å²) in [6.07, 6.45) is 0. The summed E-state index contributed by atoms with van der Waals surface area (Å²) in [5.74, 6) is -0.586. The van der Waals surface area contributed by atoms with E-state index in [-0.39, 0.29) is 6.61 Å². The van der Waals surface area contributed by atoms with Gasteiger partial charge in [-0.15, -0.1) is 0 Å². The first kappa shape index (κ1) is 9.06. The second-order valence-electron chi connectivity index (χ2n) is 3.68. The number of carboxylic acids is 1. The molecule has 1 heterocycles. The first-order chi connectivity index (χ1) is 6.59. The highest BCUT2D eigenvalue weighted by Gasteiger charge is 2.30. The predicted octanol–water partition coefficient (Wildman–Crippen LogP) is 1.86. The number of aliphatic carboxylic acids is 1. The Bertz CT molecular complexity index is 396. The highest BCUT2D eigenvalue weighted by molar-refractivity contribution is 5.78. The van der Waals surface area contributed by atoms with E-state index in [1.54, 1.807) is 0 Å². The maximum atomic E-state index is 10.9. The first-order valence-corrected chi connectivity index (χ1v) is 4.56. The van der Waals surface area contributed by atoms with Gasteiger partial charge in [-0.1, -0.05) is 6.07 Å². The Hall–Kier alpha value is -1.51. The van der Waals surface area contributed by atoms with Crippen molar-refractivity contribution < 1.29 is 14.6 Å². The number of aryl methyl sites for hydroxylation is 2. The predicted molar refractivity (Wildman–Crippen MR) is 51.8 cm³/mol. The Morgan fingerprint density at radius 2 is 2.07 bits per heavy atom. The second-order valence-corrected chi connectivity index (χ2v) is 3.68. The van der Waals surface area contributed by atoms with E-state index in [0.29, 0.717) is 0 Å². The van der Waals surface area contributed by atoms with Gasteiger partial charge >= 0.3 is 5.97 Å². The normalized spacial score (nSPS) is 18.9.